The molecule has 0 spiro atoms. The molecule has 0 rings (SSSR count). The van der Waals surface area contributed by atoms with Crippen LogP contribution in [0, 0.1) is 0 Å². The Labute approximate surface area is 105 Å². The van der Waals surface area contributed by atoms with E-state index >= 15 is 0 Å². The normalized spacial score (nSPS) is 13.4. The molecule has 0 N–H and O–H groups in total. The number of rotatable bonds is 9. The molecule has 0 fully saturated rings. The smallest absolute Gasteiger partial charge is 0.224 e. The molecule has 0 aliphatic carbocycles. The van der Waals surface area contributed by atoms with Crippen LogP contribution in [0.3, 0.4) is 0 Å². The molecule has 4 heteroatoms. The zero-order valence-corrected chi connectivity index (χ0v) is 12.3. The molecule has 4 nitrogen and oxygen atoms in total. The molecule has 0 aromatic carbocycles. The third-order valence-electron chi connectivity index (χ3n) is 2.80. The van der Waals surface area contributed by atoms with Crippen LogP contribution in [-0.2, 0) is 19.6 Å². The quantitative estimate of drug-likeness (QED) is 0.351. The second-order valence-corrected chi connectivity index (χ2v) is 5.42. The fourth-order valence-electron chi connectivity index (χ4n) is 0.638. The molecule has 0 aliphatic rings. The first kappa shape index (κ1) is 16.8. The van der Waals surface area contributed by atoms with Gasteiger partial charge in [-0.1, -0.05) is 20.8 Å². The first-order valence-corrected chi connectivity index (χ1v) is 6.45. The van der Waals surface area contributed by atoms with Crippen molar-refractivity contribution in [2.75, 3.05) is 0 Å². The largest absolute Gasteiger partial charge is 0.228 e. The third-order valence-corrected chi connectivity index (χ3v) is 2.80. The fraction of sp³-hybridized carbons (Fsp3) is 1.00. The van der Waals surface area contributed by atoms with Crippen molar-refractivity contribution in [1.82, 2.24) is 0 Å². The van der Waals surface area contributed by atoms with Gasteiger partial charge in [0.05, 0.1) is 11.2 Å². The van der Waals surface area contributed by atoms with E-state index < -0.39 is 6.29 Å². The van der Waals surface area contributed by atoms with Crippen molar-refractivity contribution in [2.24, 2.45) is 0 Å². The Kier molecular flexibility index (Phi) is 7.24. The van der Waals surface area contributed by atoms with Gasteiger partial charge in [-0.3, -0.25) is 0 Å². The molecule has 0 aliphatic heterocycles. The minimum atomic E-state index is -0.494. The SMILES string of the molecule is CCC(OOC(C)(C)CC)OOC(C)(C)CC. The lowest BCUT2D eigenvalue weighted by Gasteiger charge is -2.27. The van der Waals surface area contributed by atoms with Gasteiger partial charge in [-0.25, -0.2) is 19.6 Å². The van der Waals surface area contributed by atoms with Gasteiger partial charge in [-0.05, 0) is 40.5 Å². The van der Waals surface area contributed by atoms with Crippen LogP contribution in [0.1, 0.15) is 67.7 Å². The zero-order valence-electron chi connectivity index (χ0n) is 12.3. The topological polar surface area (TPSA) is 36.9 Å². The van der Waals surface area contributed by atoms with Crippen molar-refractivity contribution in [3.8, 4) is 0 Å². The summed E-state index contributed by atoms with van der Waals surface area (Å²) in [5.74, 6) is 0. The summed E-state index contributed by atoms with van der Waals surface area (Å²) >= 11 is 0. The molecule has 0 aromatic rings. The van der Waals surface area contributed by atoms with Crippen LogP contribution in [-0.4, -0.2) is 17.5 Å². The number of hydrogen-bond donors (Lipinski definition) is 0. The predicted molar refractivity (Wildman–Crippen MR) is 67.2 cm³/mol. The molecule has 0 unspecified atom stereocenters. The van der Waals surface area contributed by atoms with Crippen LogP contribution >= 0.6 is 0 Å². The molecule has 0 saturated heterocycles. The van der Waals surface area contributed by atoms with Crippen molar-refractivity contribution < 1.29 is 19.6 Å². The van der Waals surface area contributed by atoms with E-state index in [0.717, 1.165) is 12.8 Å². The summed E-state index contributed by atoms with van der Waals surface area (Å²) in [6, 6.07) is 0. The highest BCUT2D eigenvalue weighted by molar-refractivity contribution is 4.63. The fourth-order valence-corrected chi connectivity index (χ4v) is 0.638. The van der Waals surface area contributed by atoms with Crippen molar-refractivity contribution in [3.63, 3.8) is 0 Å². The van der Waals surface area contributed by atoms with E-state index in [2.05, 4.69) is 0 Å². The highest BCUT2D eigenvalue weighted by Gasteiger charge is 2.23. The molecule has 0 aromatic heterocycles. The molecular weight excluding hydrogens is 220 g/mol. The second kappa shape index (κ2) is 7.31. The Bertz CT molecular complexity index is 182. The van der Waals surface area contributed by atoms with Gasteiger partial charge in [-0.15, -0.1) is 0 Å². The number of hydrogen-bond acceptors (Lipinski definition) is 4. The summed E-state index contributed by atoms with van der Waals surface area (Å²) in [7, 11) is 0. The van der Waals surface area contributed by atoms with E-state index in [0.29, 0.717) is 6.42 Å². The molecule has 104 valence electrons. The summed E-state index contributed by atoms with van der Waals surface area (Å²) in [5, 5.41) is 0. The zero-order chi connectivity index (χ0) is 13.5. The Morgan fingerprint density at radius 1 is 0.765 bits per heavy atom. The first-order chi connectivity index (χ1) is 7.76. The van der Waals surface area contributed by atoms with E-state index in [-0.39, 0.29) is 11.2 Å². The van der Waals surface area contributed by atoms with Gasteiger partial charge in [0.25, 0.3) is 0 Å². The van der Waals surface area contributed by atoms with Gasteiger partial charge < -0.3 is 0 Å². The van der Waals surface area contributed by atoms with Crippen LogP contribution < -0.4 is 0 Å². The Morgan fingerprint density at radius 2 is 1.12 bits per heavy atom. The maximum absolute atomic E-state index is 5.33. The lowest BCUT2D eigenvalue weighted by molar-refractivity contribution is -0.500. The van der Waals surface area contributed by atoms with Gasteiger partial charge in [0.15, 0.2) is 0 Å². The average Bonchev–Trinajstić information content (AvgIpc) is 2.29. The molecule has 0 radical (unpaired) electrons. The van der Waals surface area contributed by atoms with Gasteiger partial charge in [0.1, 0.15) is 0 Å². The lowest BCUT2D eigenvalue weighted by Crippen LogP contribution is -2.31. The monoisotopic (exact) mass is 248 g/mol. The standard InChI is InChI=1S/C13H28O4/c1-8-11(14-16-12(4,5)9-2)15-17-13(6,7)10-3/h11H,8-10H2,1-7H3. The van der Waals surface area contributed by atoms with Gasteiger partial charge in [0.2, 0.25) is 6.29 Å². The average molecular weight is 248 g/mol. The van der Waals surface area contributed by atoms with E-state index in [1.165, 1.54) is 0 Å². The van der Waals surface area contributed by atoms with Gasteiger partial charge in [-0.2, -0.15) is 0 Å². The van der Waals surface area contributed by atoms with Crippen molar-refractivity contribution in [3.05, 3.63) is 0 Å². The highest BCUT2D eigenvalue weighted by Crippen LogP contribution is 2.19. The van der Waals surface area contributed by atoms with E-state index in [9.17, 15) is 0 Å². The maximum Gasteiger partial charge on any atom is 0.224 e. The molecule has 0 atom stereocenters. The molecular formula is C13H28O4. The second-order valence-electron chi connectivity index (χ2n) is 5.42. The van der Waals surface area contributed by atoms with E-state index in [1.54, 1.807) is 0 Å². The summed E-state index contributed by atoms with van der Waals surface area (Å²) in [6.07, 6.45) is 1.90. The summed E-state index contributed by atoms with van der Waals surface area (Å²) in [5.41, 5.74) is -0.617. The lowest BCUT2D eigenvalue weighted by atomic mass is 10.1. The van der Waals surface area contributed by atoms with Crippen molar-refractivity contribution in [2.45, 2.75) is 85.2 Å². The Morgan fingerprint density at radius 3 is 1.35 bits per heavy atom. The molecule has 0 bridgehead atoms. The van der Waals surface area contributed by atoms with Crippen LogP contribution in [0.5, 0.6) is 0 Å². The predicted octanol–water partition coefficient (Wildman–Crippen LogP) is 4.00. The maximum atomic E-state index is 5.33. The van der Waals surface area contributed by atoms with Crippen LogP contribution in [0.2, 0.25) is 0 Å². The molecule has 0 saturated carbocycles. The molecule has 0 amide bonds. The van der Waals surface area contributed by atoms with Gasteiger partial charge in [0, 0.05) is 6.42 Å². The third kappa shape index (κ3) is 7.71. The Hall–Kier alpha value is -0.160. The summed E-state index contributed by atoms with van der Waals surface area (Å²) < 4.78 is 0. The highest BCUT2D eigenvalue weighted by atomic mass is 17.3. The summed E-state index contributed by atoms with van der Waals surface area (Å²) in [4.78, 5) is 21.1. The van der Waals surface area contributed by atoms with Crippen LogP contribution in [0.4, 0.5) is 0 Å². The van der Waals surface area contributed by atoms with Crippen molar-refractivity contribution in [1.29, 1.82) is 0 Å². The molecule has 0 heterocycles. The van der Waals surface area contributed by atoms with Crippen molar-refractivity contribution >= 4 is 0 Å². The summed E-state index contributed by atoms with van der Waals surface area (Å²) in [6.45, 7) is 13.9. The first-order valence-electron chi connectivity index (χ1n) is 6.45. The minimum absolute atomic E-state index is 0.308. The molecule has 17 heavy (non-hydrogen) atoms. The van der Waals surface area contributed by atoms with E-state index in [1.807, 2.05) is 48.5 Å². The van der Waals surface area contributed by atoms with Gasteiger partial charge >= 0.3 is 0 Å². The van der Waals surface area contributed by atoms with E-state index in [4.69, 9.17) is 19.6 Å². The minimum Gasteiger partial charge on any atom is -0.228 e. The van der Waals surface area contributed by atoms with Crippen LogP contribution in [0.25, 0.3) is 0 Å². The van der Waals surface area contributed by atoms with Crippen LogP contribution in [0.15, 0.2) is 0 Å². The Balaban J connectivity index is 4.01.